The molecule has 3 aliphatic rings. The molecule has 2 bridgehead atoms. The van der Waals surface area contributed by atoms with E-state index in [9.17, 15) is 14.9 Å². The van der Waals surface area contributed by atoms with Crippen molar-refractivity contribution in [3.63, 3.8) is 0 Å². The van der Waals surface area contributed by atoms with Crippen LogP contribution in [0, 0.1) is 27.9 Å². The maximum Gasteiger partial charge on any atom is 0.271 e. The Morgan fingerprint density at radius 1 is 1.11 bits per heavy atom. The number of carbonyl (C=O) groups excluding carboxylic acids is 1. The number of fused-ring (bicyclic) bond motifs is 2. The lowest BCUT2D eigenvalue weighted by molar-refractivity contribution is -0.384. The van der Waals surface area contributed by atoms with E-state index in [4.69, 9.17) is 5.73 Å². The first kappa shape index (κ1) is 18.2. The normalized spacial score (nSPS) is 30.9. The van der Waals surface area contributed by atoms with Gasteiger partial charge in [0.05, 0.1) is 4.92 Å². The summed E-state index contributed by atoms with van der Waals surface area (Å²) >= 11 is 0. The molecule has 4 rings (SSSR count). The number of nitrogens with two attached hydrogens (primary N) is 1. The number of nitrogens with zero attached hydrogens (tertiary/aromatic N) is 3. The number of carbonyl (C=O) groups is 1. The van der Waals surface area contributed by atoms with Gasteiger partial charge in [0.1, 0.15) is 0 Å². The Morgan fingerprint density at radius 3 is 2.41 bits per heavy atom. The molecule has 27 heavy (non-hydrogen) atoms. The summed E-state index contributed by atoms with van der Waals surface area (Å²) < 4.78 is 0. The van der Waals surface area contributed by atoms with Crippen molar-refractivity contribution in [2.45, 2.75) is 38.1 Å². The van der Waals surface area contributed by atoms with Crippen LogP contribution in [-0.2, 0) is 4.79 Å². The summed E-state index contributed by atoms with van der Waals surface area (Å²) in [7, 11) is 0. The van der Waals surface area contributed by atoms with Gasteiger partial charge in [0, 0.05) is 56.0 Å². The summed E-state index contributed by atoms with van der Waals surface area (Å²) in [5.74, 6) is 1.44. The van der Waals surface area contributed by atoms with Crippen molar-refractivity contribution in [3.8, 4) is 0 Å². The Kier molecular flexibility index (Phi) is 5.04. The zero-order valence-corrected chi connectivity index (χ0v) is 15.6. The highest BCUT2D eigenvalue weighted by molar-refractivity contribution is 5.79. The van der Waals surface area contributed by atoms with Gasteiger partial charge in [-0.1, -0.05) is 12.5 Å². The molecule has 7 heteroatoms. The van der Waals surface area contributed by atoms with E-state index in [1.165, 1.54) is 25.3 Å². The Morgan fingerprint density at radius 2 is 1.78 bits per heavy atom. The Balaban J connectivity index is 1.36. The van der Waals surface area contributed by atoms with Gasteiger partial charge in [0.2, 0.25) is 5.91 Å². The maximum atomic E-state index is 13.1. The quantitative estimate of drug-likeness (QED) is 0.650. The molecule has 1 aliphatic heterocycles. The van der Waals surface area contributed by atoms with E-state index in [1.54, 1.807) is 12.1 Å². The van der Waals surface area contributed by atoms with Crippen LogP contribution in [0.2, 0.25) is 0 Å². The van der Waals surface area contributed by atoms with Crippen LogP contribution in [0.25, 0.3) is 0 Å². The second-order valence-corrected chi connectivity index (χ2v) is 8.29. The fourth-order valence-electron chi connectivity index (χ4n) is 5.24. The van der Waals surface area contributed by atoms with Gasteiger partial charge in [0.25, 0.3) is 5.69 Å². The fraction of sp³-hybridized carbons (Fsp3) is 0.650. The van der Waals surface area contributed by atoms with E-state index in [0.29, 0.717) is 38.0 Å². The average molecular weight is 372 g/mol. The molecule has 2 saturated carbocycles. The minimum atomic E-state index is -0.367. The molecule has 7 nitrogen and oxygen atoms in total. The summed E-state index contributed by atoms with van der Waals surface area (Å²) in [6, 6.07) is 7.02. The smallest absolute Gasteiger partial charge is 0.271 e. The number of nitro benzene ring substituents is 1. The van der Waals surface area contributed by atoms with Crippen LogP contribution >= 0.6 is 0 Å². The van der Waals surface area contributed by atoms with Gasteiger partial charge in [-0.15, -0.1) is 0 Å². The number of piperazine rings is 1. The molecule has 1 amide bonds. The van der Waals surface area contributed by atoms with Crippen molar-refractivity contribution in [2.24, 2.45) is 23.5 Å². The van der Waals surface area contributed by atoms with Crippen LogP contribution in [0.3, 0.4) is 0 Å². The minimum Gasteiger partial charge on any atom is -0.368 e. The lowest BCUT2D eigenvalue weighted by atomic mass is 9.65. The third-order valence-corrected chi connectivity index (χ3v) is 6.76. The largest absolute Gasteiger partial charge is 0.368 e. The first-order valence-electron chi connectivity index (χ1n) is 10.1. The summed E-state index contributed by atoms with van der Waals surface area (Å²) in [5, 5.41) is 11.0. The monoisotopic (exact) mass is 372 g/mol. The Hall–Kier alpha value is -2.15. The molecule has 3 fully saturated rings. The van der Waals surface area contributed by atoms with Crippen molar-refractivity contribution in [1.29, 1.82) is 0 Å². The van der Waals surface area contributed by atoms with Crippen LogP contribution in [0.5, 0.6) is 0 Å². The van der Waals surface area contributed by atoms with Gasteiger partial charge in [-0.3, -0.25) is 14.9 Å². The highest BCUT2D eigenvalue weighted by Gasteiger charge is 2.41. The molecule has 0 spiro atoms. The predicted octanol–water partition coefficient (Wildman–Crippen LogP) is 2.40. The van der Waals surface area contributed by atoms with Crippen molar-refractivity contribution < 1.29 is 9.72 Å². The van der Waals surface area contributed by atoms with Crippen molar-refractivity contribution >= 4 is 17.3 Å². The van der Waals surface area contributed by atoms with Crippen LogP contribution in [-0.4, -0.2) is 48.0 Å². The van der Waals surface area contributed by atoms with Crippen LogP contribution in [0.4, 0.5) is 11.4 Å². The van der Waals surface area contributed by atoms with Gasteiger partial charge >= 0.3 is 0 Å². The Bertz CT molecular complexity index is 703. The molecule has 146 valence electrons. The topological polar surface area (TPSA) is 92.7 Å². The van der Waals surface area contributed by atoms with Gasteiger partial charge < -0.3 is 15.5 Å². The van der Waals surface area contributed by atoms with Crippen LogP contribution in [0.1, 0.15) is 32.1 Å². The van der Waals surface area contributed by atoms with Gasteiger partial charge in [0.15, 0.2) is 0 Å². The van der Waals surface area contributed by atoms with Crippen LogP contribution < -0.4 is 10.6 Å². The van der Waals surface area contributed by atoms with Crippen molar-refractivity contribution in [1.82, 2.24) is 4.90 Å². The first-order chi connectivity index (χ1) is 13.0. The fourth-order valence-corrected chi connectivity index (χ4v) is 5.24. The third kappa shape index (κ3) is 3.65. The molecular formula is C20H28N4O3. The van der Waals surface area contributed by atoms with E-state index >= 15 is 0 Å². The summed E-state index contributed by atoms with van der Waals surface area (Å²) in [6.07, 6.45) is 5.49. The number of benzene rings is 1. The van der Waals surface area contributed by atoms with E-state index in [0.717, 1.165) is 18.5 Å². The lowest BCUT2D eigenvalue weighted by Crippen LogP contribution is -2.53. The van der Waals surface area contributed by atoms with E-state index in [1.807, 2.05) is 11.0 Å². The molecule has 2 N–H and O–H groups in total. The number of hydrogen-bond acceptors (Lipinski definition) is 5. The molecule has 1 heterocycles. The first-order valence-corrected chi connectivity index (χ1v) is 10.1. The summed E-state index contributed by atoms with van der Waals surface area (Å²) in [5.41, 5.74) is 7.33. The zero-order chi connectivity index (χ0) is 19.0. The molecule has 0 radical (unpaired) electrons. The highest BCUT2D eigenvalue weighted by Crippen LogP contribution is 2.42. The van der Waals surface area contributed by atoms with Gasteiger partial charge in [-0.25, -0.2) is 0 Å². The molecule has 1 saturated heterocycles. The number of anilines is 1. The number of amides is 1. The average Bonchev–Trinajstić information content (AvgIpc) is 2.67. The van der Waals surface area contributed by atoms with Gasteiger partial charge in [-0.05, 0) is 43.6 Å². The molecule has 2 atom stereocenters. The highest BCUT2D eigenvalue weighted by atomic mass is 16.6. The Labute approximate surface area is 159 Å². The molecule has 2 aliphatic carbocycles. The number of nitro groups is 1. The molecular weight excluding hydrogens is 344 g/mol. The molecule has 1 aromatic rings. The number of hydrogen-bond donors (Lipinski definition) is 1. The maximum absolute atomic E-state index is 13.1. The number of rotatable bonds is 3. The molecule has 2 unspecified atom stereocenters. The second kappa shape index (κ2) is 7.46. The third-order valence-electron chi connectivity index (χ3n) is 6.76. The van der Waals surface area contributed by atoms with E-state index in [2.05, 4.69) is 4.90 Å². The van der Waals surface area contributed by atoms with Crippen LogP contribution in [0.15, 0.2) is 24.3 Å². The zero-order valence-electron chi connectivity index (χ0n) is 15.6. The SMILES string of the molecule is NC1C2CCCC1CC(C(=O)N1CCN(c3cccc([N+](=O)[O-])c3)CC1)C2. The molecule has 1 aromatic carbocycles. The second-order valence-electron chi connectivity index (χ2n) is 8.29. The van der Waals surface area contributed by atoms with Crippen molar-refractivity contribution in [2.75, 3.05) is 31.1 Å². The standard InChI is InChI=1S/C20H28N4O3/c21-19-14-3-1-4-15(19)12-16(11-14)20(25)23-9-7-22(8-10-23)17-5-2-6-18(13-17)24(26)27/h2,5-6,13-16,19H,1,3-4,7-12,21H2. The predicted molar refractivity (Wildman–Crippen MR) is 103 cm³/mol. The van der Waals surface area contributed by atoms with E-state index < -0.39 is 0 Å². The summed E-state index contributed by atoms with van der Waals surface area (Å²) in [6.45, 7) is 2.79. The summed E-state index contributed by atoms with van der Waals surface area (Å²) in [4.78, 5) is 27.8. The van der Waals surface area contributed by atoms with E-state index in [-0.39, 0.29) is 28.5 Å². The lowest BCUT2D eigenvalue weighted by Gasteiger charge is -2.45. The van der Waals surface area contributed by atoms with Gasteiger partial charge in [-0.2, -0.15) is 0 Å². The molecule has 0 aromatic heterocycles. The minimum absolute atomic E-state index is 0.107. The van der Waals surface area contributed by atoms with Crippen molar-refractivity contribution in [3.05, 3.63) is 34.4 Å². The number of non-ortho nitro benzene ring substituents is 1.